The molecule has 1 aliphatic carbocycles. The van der Waals surface area contributed by atoms with Gasteiger partial charge in [-0.2, -0.15) is 10.4 Å². The van der Waals surface area contributed by atoms with Gasteiger partial charge in [-0.25, -0.2) is 9.50 Å². The molecule has 1 aliphatic heterocycles. The number of aryl methyl sites for hydroxylation is 2. The third-order valence-electron chi connectivity index (χ3n) is 8.20. The van der Waals surface area contributed by atoms with E-state index >= 15 is 0 Å². The number of piperidine rings is 1. The molecule has 0 radical (unpaired) electrons. The molecule has 4 aromatic rings. The highest BCUT2D eigenvalue weighted by Gasteiger charge is 2.46. The summed E-state index contributed by atoms with van der Waals surface area (Å²) in [5.74, 6) is 1.73. The largest absolute Gasteiger partial charge is 0.346 e. The molecule has 6 nitrogen and oxygen atoms in total. The van der Waals surface area contributed by atoms with Gasteiger partial charge in [0.05, 0.1) is 18.3 Å². The van der Waals surface area contributed by atoms with Gasteiger partial charge in [-0.1, -0.05) is 13.8 Å². The Morgan fingerprint density at radius 1 is 1.21 bits per heavy atom. The van der Waals surface area contributed by atoms with Crippen LogP contribution in [0, 0.1) is 38.0 Å². The minimum atomic E-state index is 0.409. The minimum absolute atomic E-state index is 0.409. The van der Waals surface area contributed by atoms with E-state index in [-0.39, 0.29) is 0 Å². The first kappa shape index (κ1) is 20.9. The van der Waals surface area contributed by atoms with Crippen molar-refractivity contribution in [3.05, 3.63) is 39.7 Å². The SMILES string of the molecule is Cc1c(-c2[nH]c3sc([C@@H]4C[C@@H]5C[C@H]4CN5CC#N)c(C)c3c2C(C)C)cn2ncnc2c1C. The molecule has 7 heteroatoms. The smallest absolute Gasteiger partial charge is 0.158 e. The number of nitrogens with zero attached hydrogens (tertiary/aromatic N) is 5. The van der Waals surface area contributed by atoms with E-state index in [1.54, 1.807) is 11.2 Å². The Hall–Kier alpha value is -2.69. The van der Waals surface area contributed by atoms with Crippen LogP contribution in [0.25, 0.3) is 27.1 Å². The standard InChI is InChI=1S/C26H30N6S/c1-13(2)21-22-16(5)24(19-9-18-8-17(19)10-31(18)7-6-27)33-26(22)30-23(21)20-11-32-25(28-12-29-32)15(4)14(20)3/h11-13,17-19,30H,7-10H2,1-5H3/t17-,18-,19+/m0/s1. The topological polar surface area (TPSA) is 73.0 Å². The molecule has 4 aromatic heterocycles. The molecule has 0 spiro atoms. The molecule has 0 aromatic carbocycles. The zero-order chi connectivity index (χ0) is 23.0. The molecule has 0 unspecified atom stereocenters. The van der Waals surface area contributed by atoms with Crippen LogP contribution in [0.4, 0.5) is 0 Å². The maximum atomic E-state index is 9.13. The van der Waals surface area contributed by atoms with Crippen molar-refractivity contribution in [2.45, 2.75) is 65.3 Å². The third kappa shape index (κ3) is 2.93. The lowest BCUT2D eigenvalue weighted by molar-refractivity contribution is 0.223. The number of fused-ring (bicyclic) bond motifs is 4. The second kappa shape index (κ2) is 7.41. The van der Waals surface area contributed by atoms with Crippen molar-refractivity contribution in [1.82, 2.24) is 24.5 Å². The molecule has 3 atom stereocenters. The number of nitriles is 1. The van der Waals surface area contributed by atoms with Gasteiger partial charge in [-0.15, -0.1) is 11.3 Å². The highest BCUT2D eigenvalue weighted by molar-refractivity contribution is 7.19. The Morgan fingerprint density at radius 2 is 2.03 bits per heavy atom. The van der Waals surface area contributed by atoms with Gasteiger partial charge in [0.25, 0.3) is 0 Å². The molecule has 170 valence electrons. The monoisotopic (exact) mass is 458 g/mol. The lowest BCUT2D eigenvalue weighted by Gasteiger charge is -2.29. The summed E-state index contributed by atoms with van der Waals surface area (Å²) in [6, 6.07) is 2.93. The van der Waals surface area contributed by atoms with E-state index < -0.39 is 0 Å². The molecule has 5 heterocycles. The number of hydrogen-bond donors (Lipinski definition) is 1. The quantitative estimate of drug-likeness (QED) is 0.399. The van der Waals surface area contributed by atoms with Crippen LogP contribution in [0.5, 0.6) is 0 Å². The molecule has 1 N–H and O–H groups in total. The fraction of sp³-hybridized carbons (Fsp3) is 0.500. The predicted molar refractivity (Wildman–Crippen MR) is 133 cm³/mol. The average Bonchev–Trinajstić information content (AvgIpc) is 3.57. The number of likely N-dealkylation sites (tertiary alicyclic amines) is 1. The second-order valence-corrected chi connectivity index (χ2v) is 11.3. The van der Waals surface area contributed by atoms with Crippen molar-refractivity contribution in [2.24, 2.45) is 5.92 Å². The zero-order valence-corrected chi connectivity index (χ0v) is 20.8. The Bertz CT molecular complexity index is 1430. The van der Waals surface area contributed by atoms with E-state index in [1.165, 1.54) is 56.6 Å². The number of rotatable bonds is 4. The Kier molecular flexibility index (Phi) is 4.69. The lowest BCUT2D eigenvalue weighted by atomic mass is 9.88. The van der Waals surface area contributed by atoms with Crippen molar-refractivity contribution >= 4 is 27.2 Å². The normalized spacial score (nSPS) is 22.9. The van der Waals surface area contributed by atoms with Crippen molar-refractivity contribution < 1.29 is 0 Å². The van der Waals surface area contributed by atoms with Crippen LogP contribution in [-0.2, 0) is 0 Å². The molecule has 1 saturated heterocycles. The molecule has 0 amide bonds. The van der Waals surface area contributed by atoms with E-state index in [4.69, 9.17) is 5.26 Å². The lowest BCUT2D eigenvalue weighted by Crippen LogP contribution is -2.34. The Morgan fingerprint density at radius 3 is 2.73 bits per heavy atom. The second-order valence-electron chi connectivity index (χ2n) is 10.3. The van der Waals surface area contributed by atoms with Crippen LogP contribution < -0.4 is 0 Å². The van der Waals surface area contributed by atoms with Gasteiger partial charge >= 0.3 is 0 Å². The van der Waals surface area contributed by atoms with E-state index in [0.29, 0.717) is 30.3 Å². The summed E-state index contributed by atoms with van der Waals surface area (Å²) in [7, 11) is 0. The van der Waals surface area contributed by atoms with E-state index in [2.05, 4.69) is 66.9 Å². The van der Waals surface area contributed by atoms with Crippen LogP contribution in [0.2, 0.25) is 0 Å². The van der Waals surface area contributed by atoms with Crippen molar-refractivity contribution in [2.75, 3.05) is 13.1 Å². The van der Waals surface area contributed by atoms with Crippen LogP contribution >= 0.6 is 11.3 Å². The van der Waals surface area contributed by atoms with Gasteiger partial charge in [0.15, 0.2) is 5.65 Å². The van der Waals surface area contributed by atoms with Crippen molar-refractivity contribution in [1.29, 1.82) is 5.26 Å². The fourth-order valence-corrected chi connectivity index (χ4v) is 7.93. The number of thiophene rings is 1. The molecule has 33 heavy (non-hydrogen) atoms. The molecule has 2 fully saturated rings. The van der Waals surface area contributed by atoms with Crippen molar-refractivity contribution in [3.8, 4) is 17.3 Å². The van der Waals surface area contributed by atoms with Gasteiger partial charge in [0.2, 0.25) is 0 Å². The number of aromatic amines is 1. The molecule has 2 bridgehead atoms. The van der Waals surface area contributed by atoms with Gasteiger partial charge in [0.1, 0.15) is 11.2 Å². The Labute approximate surface area is 198 Å². The van der Waals surface area contributed by atoms with Gasteiger partial charge in [-0.05, 0) is 73.6 Å². The first-order chi connectivity index (χ1) is 15.9. The van der Waals surface area contributed by atoms with E-state index in [1.807, 2.05) is 15.9 Å². The fourth-order valence-electron chi connectivity index (χ4n) is 6.50. The van der Waals surface area contributed by atoms with Crippen LogP contribution in [0.15, 0.2) is 12.5 Å². The highest BCUT2D eigenvalue weighted by Crippen LogP contribution is 2.53. The van der Waals surface area contributed by atoms with Crippen LogP contribution in [0.3, 0.4) is 0 Å². The van der Waals surface area contributed by atoms with Gasteiger partial charge in [-0.3, -0.25) is 4.90 Å². The maximum absolute atomic E-state index is 9.13. The average molecular weight is 459 g/mol. The van der Waals surface area contributed by atoms with E-state index in [9.17, 15) is 0 Å². The predicted octanol–water partition coefficient (Wildman–Crippen LogP) is 5.69. The molecule has 6 rings (SSSR count). The molecule has 2 aliphatic rings. The number of aromatic nitrogens is 4. The summed E-state index contributed by atoms with van der Waals surface area (Å²) in [6.45, 7) is 12.9. The number of pyridine rings is 1. The number of hydrogen-bond acceptors (Lipinski definition) is 5. The summed E-state index contributed by atoms with van der Waals surface area (Å²) in [5, 5.41) is 15.0. The summed E-state index contributed by atoms with van der Waals surface area (Å²) >= 11 is 1.96. The van der Waals surface area contributed by atoms with Gasteiger partial charge < -0.3 is 4.98 Å². The Balaban J connectivity index is 1.46. The minimum Gasteiger partial charge on any atom is -0.346 e. The first-order valence-corrected chi connectivity index (χ1v) is 12.8. The number of H-pyrrole nitrogens is 1. The molecular weight excluding hydrogens is 428 g/mol. The van der Waals surface area contributed by atoms with Crippen molar-refractivity contribution in [3.63, 3.8) is 0 Å². The van der Waals surface area contributed by atoms with E-state index in [0.717, 1.165) is 12.2 Å². The number of nitrogens with one attached hydrogen (secondary N) is 1. The molecular formula is C26H30N6S. The zero-order valence-electron chi connectivity index (χ0n) is 19.9. The third-order valence-corrected chi connectivity index (χ3v) is 9.54. The highest BCUT2D eigenvalue weighted by atomic mass is 32.1. The maximum Gasteiger partial charge on any atom is 0.158 e. The molecule has 1 saturated carbocycles. The summed E-state index contributed by atoms with van der Waals surface area (Å²) < 4.78 is 1.90. The van der Waals surface area contributed by atoms with Crippen LogP contribution in [0.1, 0.15) is 65.7 Å². The first-order valence-electron chi connectivity index (χ1n) is 11.9. The summed E-state index contributed by atoms with van der Waals surface area (Å²) in [5.41, 5.74) is 8.69. The summed E-state index contributed by atoms with van der Waals surface area (Å²) in [4.78, 5) is 13.5. The summed E-state index contributed by atoms with van der Waals surface area (Å²) in [6.07, 6.45) is 6.20. The van der Waals surface area contributed by atoms with Gasteiger partial charge in [0, 0.05) is 34.6 Å². The van der Waals surface area contributed by atoms with Crippen LogP contribution in [-0.4, -0.2) is 43.6 Å².